The second-order valence-corrected chi connectivity index (χ2v) is 5.31. The van der Waals surface area contributed by atoms with Crippen LogP contribution in [0, 0.1) is 0 Å². The van der Waals surface area contributed by atoms with Crippen molar-refractivity contribution in [1.29, 1.82) is 0 Å². The van der Waals surface area contributed by atoms with E-state index in [4.69, 9.17) is 0 Å². The third kappa shape index (κ3) is 2.87. The van der Waals surface area contributed by atoms with E-state index in [9.17, 15) is 0 Å². The molecule has 0 N–H and O–H groups in total. The van der Waals surface area contributed by atoms with Gasteiger partial charge in [0.05, 0.1) is 0 Å². The van der Waals surface area contributed by atoms with E-state index in [1.165, 1.54) is 0 Å². The summed E-state index contributed by atoms with van der Waals surface area (Å²) < 4.78 is 2.05. The predicted molar refractivity (Wildman–Crippen MR) is 85.5 cm³/mol. The normalized spacial score (nSPS) is 10.5. The van der Waals surface area contributed by atoms with Crippen LogP contribution in [0.15, 0.2) is 72.7 Å². The molecule has 0 fully saturated rings. The molecule has 3 rings (SSSR count). The Kier molecular flexibility index (Phi) is 4.12. The topological polar surface area (TPSA) is 43.6 Å². The number of hydrogen-bond acceptors (Lipinski definition) is 4. The molecular formula is C16H14N4S. The first-order chi connectivity index (χ1) is 10.4. The lowest BCUT2D eigenvalue weighted by Crippen LogP contribution is -1.99. The van der Waals surface area contributed by atoms with Gasteiger partial charge in [0, 0.05) is 29.4 Å². The minimum atomic E-state index is 0.790. The summed E-state index contributed by atoms with van der Waals surface area (Å²) in [6, 6.07) is 14.0. The molecule has 104 valence electrons. The minimum absolute atomic E-state index is 0.790. The molecule has 0 bridgehead atoms. The Morgan fingerprint density at radius 3 is 2.67 bits per heavy atom. The highest BCUT2D eigenvalue weighted by atomic mass is 32.2. The standard InChI is InChI=1S/C16H14N4S/c1-2-11-21-16-19-18-15(13-7-6-10-17-12-13)20(16)14-8-4-3-5-9-14/h2-10,12H,1,11H2. The highest BCUT2D eigenvalue weighted by Crippen LogP contribution is 2.27. The molecule has 2 aromatic heterocycles. The Labute approximate surface area is 127 Å². The third-order valence-electron chi connectivity index (χ3n) is 2.90. The quantitative estimate of drug-likeness (QED) is 0.532. The molecule has 5 heteroatoms. The van der Waals surface area contributed by atoms with E-state index in [2.05, 4.69) is 21.8 Å². The van der Waals surface area contributed by atoms with E-state index < -0.39 is 0 Å². The van der Waals surface area contributed by atoms with Gasteiger partial charge in [0.25, 0.3) is 0 Å². The summed E-state index contributed by atoms with van der Waals surface area (Å²) in [4.78, 5) is 4.16. The Bertz CT molecular complexity index is 723. The summed E-state index contributed by atoms with van der Waals surface area (Å²) in [6.07, 6.45) is 5.41. The number of benzene rings is 1. The molecule has 0 spiro atoms. The van der Waals surface area contributed by atoms with Gasteiger partial charge in [-0.15, -0.1) is 16.8 Å². The van der Waals surface area contributed by atoms with Crippen LogP contribution < -0.4 is 0 Å². The average molecular weight is 294 g/mol. The van der Waals surface area contributed by atoms with Gasteiger partial charge in [0.1, 0.15) is 0 Å². The fraction of sp³-hybridized carbons (Fsp3) is 0.0625. The van der Waals surface area contributed by atoms with Crippen molar-refractivity contribution in [2.75, 3.05) is 5.75 Å². The van der Waals surface area contributed by atoms with Crippen LogP contribution in [0.4, 0.5) is 0 Å². The zero-order valence-electron chi connectivity index (χ0n) is 11.4. The van der Waals surface area contributed by atoms with Gasteiger partial charge in [0.15, 0.2) is 11.0 Å². The average Bonchev–Trinajstić information content (AvgIpc) is 2.98. The second-order valence-electron chi connectivity index (χ2n) is 4.32. The molecule has 0 aliphatic heterocycles. The Morgan fingerprint density at radius 1 is 1.10 bits per heavy atom. The number of rotatable bonds is 5. The highest BCUT2D eigenvalue weighted by Gasteiger charge is 2.15. The van der Waals surface area contributed by atoms with E-state index in [-0.39, 0.29) is 0 Å². The van der Waals surface area contributed by atoms with E-state index >= 15 is 0 Å². The summed E-state index contributed by atoms with van der Waals surface area (Å²) in [5.41, 5.74) is 1.98. The smallest absolute Gasteiger partial charge is 0.196 e. The SMILES string of the molecule is C=CCSc1nnc(-c2cccnc2)n1-c1ccccc1. The van der Waals surface area contributed by atoms with Crippen LogP contribution in [0.3, 0.4) is 0 Å². The summed E-state index contributed by atoms with van der Waals surface area (Å²) in [7, 11) is 0. The summed E-state index contributed by atoms with van der Waals surface area (Å²) in [6.45, 7) is 3.75. The molecule has 0 aliphatic carbocycles. The molecule has 0 radical (unpaired) electrons. The zero-order valence-corrected chi connectivity index (χ0v) is 12.2. The third-order valence-corrected chi connectivity index (χ3v) is 3.82. The van der Waals surface area contributed by atoms with E-state index in [1.54, 1.807) is 24.2 Å². The fourth-order valence-corrected chi connectivity index (χ4v) is 2.68. The van der Waals surface area contributed by atoms with Crippen molar-refractivity contribution in [1.82, 2.24) is 19.7 Å². The van der Waals surface area contributed by atoms with Crippen LogP contribution in [-0.2, 0) is 0 Å². The molecule has 21 heavy (non-hydrogen) atoms. The van der Waals surface area contributed by atoms with Crippen molar-refractivity contribution >= 4 is 11.8 Å². The maximum Gasteiger partial charge on any atom is 0.196 e. The van der Waals surface area contributed by atoms with Crippen LogP contribution in [0.2, 0.25) is 0 Å². The van der Waals surface area contributed by atoms with Gasteiger partial charge in [-0.05, 0) is 24.3 Å². The van der Waals surface area contributed by atoms with Gasteiger partial charge >= 0.3 is 0 Å². The van der Waals surface area contributed by atoms with Crippen LogP contribution in [0.1, 0.15) is 0 Å². The first kappa shape index (κ1) is 13.6. The minimum Gasteiger partial charge on any atom is -0.270 e. The summed E-state index contributed by atoms with van der Waals surface area (Å²) >= 11 is 1.61. The highest BCUT2D eigenvalue weighted by molar-refractivity contribution is 7.99. The van der Waals surface area contributed by atoms with Crippen LogP contribution in [0.25, 0.3) is 17.1 Å². The van der Waals surface area contributed by atoms with Crippen molar-refractivity contribution < 1.29 is 0 Å². The van der Waals surface area contributed by atoms with Gasteiger partial charge in [-0.1, -0.05) is 36.0 Å². The maximum atomic E-state index is 4.33. The first-order valence-electron chi connectivity index (χ1n) is 6.55. The van der Waals surface area contributed by atoms with Crippen molar-refractivity contribution in [2.24, 2.45) is 0 Å². The monoisotopic (exact) mass is 294 g/mol. The van der Waals surface area contributed by atoms with Gasteiger partial charge in [-0.2, -0.15) is 0 Å². The fourth-order valence-electron chi connectivity index (χ4n) is 1.99. The first-order valence-corrected chi connectivity index (χ1v) is 7.53. The lowest BCUT2D eigenvalue weighted by molar-refractivity contribution is 0.887. The molecule has 1 aromatic carbocycles. The van der Waals surface area contributed by atoms with Gasteiger partial charge in [0.2, 0.25) is 0 Å². The number of nitrogens with zero attached hydrogens (tertiary/aromatic N) is 4. The predicted octanol–water partition coefficient (Wildman–Crippen LogP) is 3.61. The molecule has 0 unspecified atom stereocenters. The van der Waals surface area contributed by atoms with Crippen molar-refractivity contribution in [3.05, 3.63) is 67.5 Å². The van der Waals surface area contributed by atoms with Gasteiger partial charge in [-0.3, -0.25) is 9.55 Å². The molecule has 4 nitrogen and oxygen atoms in total. The molecular weight excluding hydrogens is 280 g/mol. The Morgan fingerprint density at radius 2 is 1.95 bits per heavy atom. The maximum absolute atomic E-state index is 4.33. The number of pyridine rings is 1. The van der Waals surface area contributed by atoms with Crippen LogP contribution in [0.5, 0.6) is 0 Å². The molecule has 0 atom stereocenters. The lowest BCUT2D eigenvalue weighted by Gasteiger charge is -2.09. The van der Waals surface area contributed by atoms with Crippen molar-refractivity contribution in [3.8, 4) is 17.1 Å². The van der Waals surface area contributed by atoms with Crippen molar-refractivity contribution in [2.45, 2.75) is 5.16 Å². The summed E-state index contributed by atoms with van der Waals surface area (Å²) in [5, 5.41) is 9.49. The lowest BCUT2D eigenvalue weighted by atomic mass is 10.2. The largest absolute Gasteiger partial charge is 0.270 e. The molecule has 0 saturated carbocycles. The van der Waals surface area contributed by atoms with Gasteiger partial charge in [-0.25, -0.2) is 0 Å². The molecule has 3 aromatic rings. The van der Waals surface area contributed by atoms with Gasteiger partial charge < -0.3 is 0 Å². The van der Waals surface area contributed by atoms with Crippen LogP contribution >= 0.6 is 11.8 Å². The Hall–Kier alpha value is -2.40. The molecule has 0 aliphatic rings. The molecule has 2 heterocycles. The van der Waals surface area contributed by atoms with Crippen molar-refractivity contribution in [3.63, 3.8) is 0 Å². The zero-order chi connectivity index (χ0) is 14.5. The summed E-state index contributed by atoms with van der Waals surface area (Å²) in [5.74, 6) is 1.58. The number of aromatic nitrogens is 4. The van der Waals surface area contributed by atoms with Crippen LogP contribution in [-0.4, -0.2) is 25.5 Å². The number of thioether (sulfide) groups is 1. The number of hydrogen-bond donors (Lipinski definition) is 0. The number of para-hydroxylation sites is 1. The van der Waals surface area contributed by atoms with E-state index in [0.717, 1.165) is 28.0 Å². The molecule has 0 amide bonds. The Balaban J connectivity index is 2.13. The second kappa shape index (κ2) is 6.37. The van der Waals surface area contributed by atoms with E-state index in [1.807, 2.05) is 53.1 Å². The van der Waals surface area contributed by atoms with E-state index in [0.29, 0.717) is 0 Å². The molecule has 0 saturated heterocycles.